The minimum Gasteiger partial charge on any atom is -0.431 e. The maximum atomic E-state index is 14.9. The quantitative estimate of drug-likeness (QED) is 0.610. The van der Waals surface area contributed by atoms with Gasteiger partial charge in [0, 0.05) is 55.7 Å². The van der Waals surface area contributed by atoms with Gasteiger partial charge < -0.3 is 15.2 Å². The number of alkyl halides is 3. The largest absolute Gasteiger partial charge is 0.431 e. The number of rotatable bonds is 8. The van der Waals surface area contributed by atoms with Crippen LogP contribution in [-0.4, -0.2) is 64.8 Å². The van der Waals surface area contributed by atoms with Crippen LogP contribution in [-0.2, 0) is 4.74 Å². The first-order valence-electron chi connectivity index (χ1n) is 11.9. The van der Waals surface area contributed by atoms with Gasteiger partial charge in [0.15, 0.2) is 11.6 Å². The average Bonchev–Trinajstić information content (AvgIpc) is 3.18. The molecule has 3 aliphatic rings. The van der Waals surface area contributed by atoms with Crippen molar-refractivity contribution in [1.82, 2.24) is 19.7 Å². The molecule has 7 nitrogen and oxygen atoms in total. The topological polar surface area (TPSA) is 78.4 Å². The van der Waals surface area contributed by atoms with E-state index in [2.05, 4.69) is 28.5 Å². The van der Waals surface area contributed by atoms with E-state index in [0.29, 0.717) is 48.0 Å². The molecule has 3 heterocycles. The van der Waals surface area contributed by atoms with Crippen molar-refractivity contribution in [1.29, 1.82) is 0 Å². The van der Waals surface area contributed by atoms with E-state index in [1.165, 1.54) is 12.3 Å². The normalized spacial score (nSPS) is 30.9. The Balaban J connectivity index is 1.31. The van der Waals surface area contributed by atoms with Gasteiger partial charge in [0.05, 0.1) is 12.3 Å². The highest BCUT2D eigenvalue weighted by Crippen LogP contribution is 2.64. The van der Waals surface area contributed by atoms with Gasteiger partial charge in [0.1, 0.15) is 5.67 Å². The Bertz CT molecular complexity index is 1040. The highest BCUT2D eigenvalue weighted by Gasteiger charge is 2.59. The fourth-order valence-corrected chi connectivity index (χ4v) is 6.10. The minimum atomic E-state index is -2.98. The van der Waals surface area contributed by atoms with Crippen LogP contribution in [0.3, 0.4) is 0 Å². The van der Waals surface area contributed by atoms with Gasteiger partial charge >= 0.3 is 6.61 Å². The first kappa shape index (κ1) is 23.4. The fourth-order valence-electron chi connectivity index (χ4n) is 6.10. The molecule has 0 radical (unpaired) electrons. The summed E-state index contributed by atoms with van der Waals surface area (Å²) >= 11 is 0. The van der Waals surface area contributed by atoms with Crippen molar-refractivity contribution in [3.63, 3.8) is 0 Å². The van der Waals surface area contributed by atoms with Crippen LogP contribution in [0, 0.1) is 11.8 Å². The molecule has 0 bridgehead atoms. The Hall–Kier alpha value is -2.33. The molecule has 3 fully saturated rings. The zero-order chi connectivity index (χ0) is 24.2. The van der Waals surface area contributed by atoms with E-state index in [9.17, 15) is 13.2 Å². The summed E-state index contributed by atoms with van der Waals surface area (Å²) in [5.41, 5.74) is 6.87. The molecule has 3 atom stereocenters. The van der Waals surface area contributed by atoms with Crippen LogP contribution in [0.4, 0.5) is 19.0 Å². The lowest BCUT2D eigenvalue weighted by molar-refractivity contribution is -0.0494. The number of methoxy groups -OCH3 is 1. The summed E-state index contributed by atoms with van der Waals surface area (Å²) in [4.78, 5) is 6.32. The van der Waals surface area contributed by atoms with Crippen molar-refractivity contribution in [2.45, 2.75) is 63.4 Å². The number of hydrogen-bond acceptors (Lipinski definition) is 6. The lowest BCUT2D eigenvalue weighted by Crippen LogP contribution is -2.38. The Morgan fingerprint density at radius 1 is 1.24 bits per heavy atom. The van der Waals surface area contributed by atoms with Crippen molar-refractivity contribution in [2.24, 2.45) is 11.8 Å². The number of fused-ring (bicyclic) bond motifs is 1. The van der Waals surface area contributed by atoms with Crippen LogP contribution in [0.5, 0.6) is 5.75 Å². The van der Waals surface area contributed by atoms with Gasteiger partial charge in [-0.05, 0) is 57.1 Å². The molecule has 2 aromatic heterocycles. The third-order valence-electron chi connectivity index (χ3n) is 7.66. The van der Waals surface area contributed by atoms with Crippen LogP contribution in [0.25, 0.3) is 11.3 Å². The Morgan fingerprint density at radius 2 is 1.97 bits per heavy atom. The molecule has 0 spiro atoms. The summed E-state index contributed by atoms with van der Waals surface area (Å²) in [7, 11) is 1.55. The zero-order valence-electron chi connectivity index (χ0n) is 19.8. The van der Waals surface area contributed by atoms with E-state index in [4.69, 9.17) is 15.6 Å². The number of nitrogens with zero attached hydrogens (tertiary/aromatic N) is 4. The molecule has 2 aliphatic carbocycles. The number of nitrogen functional groups attached to an aromatic ring is 1. The molecule has 1 saturated heterocycles. The van der Waals surface area contributed by atoms with Crippen LogP contribution in [0.2, 0.25) is 0 Å². The number of halogens is 3. The minimum absolute atomic E-state index is 0.0833. The van der Waals surface area contributed by atoms with Gasteiger partial charge in [0.2, 0.25) is 0 Å². The van der Waals surface area contributed by atoms with Crippen molar-refractivity contribution < 1.29 is 22.6 Å². The molecule has 2 aromatic rings. The van der Waals surface area contributed by atoms with Crippen LogP contribution < -0.4 is 10.5 Å². The predicted molar refractivity (Wildman–Crippen MR) is 122 cm³/mol. The third-order valence-corrected chi connectivity index (χ3v) is 7.66. The highest BCUT2D eigenvalue weighted by atomic mass is 19.3. The molecule has 0 amide bonds. The number of hydrogen-bond donors (Lipinski definition) is 1. The molecule has 1 aliphatic heterocycles. The summed E-state index contributed by atoms with van der Waals surface area (Å²) in [5.74, 6) is 1.30. The molecule has 186 valence electrons. The van der Waals surface area contributed by atoms with Gasteiger partial charge in [-0.2, -0.15) is 13.9 Å². The molecule has 2 saturated carbocycles. The predicted octanol–water partition coefficient (Wildman–Crippen LogP) is 4.26. The highest BCUT2D eigenvalue weighted by molar-refractivity contribution is 5.64. The Morgan fingerprint density at radius 3 is 2.62 bits per heavy atom. The molecular formula is C24H32F3N5O2. The molecule has 10 heteroatoms. The SMILES string of the molecule is COCC1(F)CCN(C2CC3C(C2)C3c2cc(-c3cnc(N)c(OC(F)F)c3)nn2C(C)C)C1. The molecule has 34 heavy (non-hydrogen) atoms. The number of pyridine rings is 1. The second kappa shape index (κ2) is 8.71. The lowest BCUT2D eigenvalue weighted by Gasteiger charge is -2.27. The molecule has 5 rings (SSSR count). The van der Waals surface area contributed by atoms with Crippen LogP contribution in [0.15, 0.2) is 18.3 Å². The Labute approximate surface area is 197 Å². The van der Waals surface area contributed by atoms with Gasteiger partial charge in [0.25, 0.3) is 0 Å². The monoisotopic (exact) mass is 479 g/mol. The van der Waals surface area contributed by atoms with Crippen molar-refractivity contribution in [2.75, 3.05) is 32.5 Å². The third kappa shape index (κ3) is 4.26. The average molecular weight is 480 g/mol. The smallest absolute Gasteiger partial charge is 0.387 e. The van der Waals surface area contributed by atoms with Gasteiger partial charge in [-0.1, -0.05) is 0 Å². The number of aromatic nitrogens is 3. The first-order valence-corrected chi connectivity index (χ1v) is 11.9. The van der Waals surface area contributed by atoms with E-state index >= 15 is 0 Å². The van der Waals surface area contributed by atoms with E-state index in [1.54, 1.807) is 7.11 Å². The van der Waals surface area contributed by atoms with E-state index in [-0.39, 0.29) is 24.2 Å². The number of likely N-dealkylation sites (tertiary alicyclic amines) is 1. The van der Waals surface area contributed by atoms with E-state index in [0.717, 1.165) is 25.1 Å². The van der Waals surface area contributed by atoms with Gasteiger partial charge in [-0.3, -0.25) is 9.58 Å². The second-order valence-corrected chi connectivity index (χ2v) is 10.3. The molecule has 2 N–H and O–H groups in total. The lowest BCUT2D eigenvalue weighted by atomic mass is 10.0. The number of ether oxygens (including phenoxy) is 2. The fraction of sp³-hybridized carbons (Fsp3) is 0.667. The summed E-state index contributed by atoms with van der Waals surface area (Å²) in [6, 6.07) is 4.08. The maximum Gasteiger partial charge on any atom is 0.387 e. The van der Waals surface area contributed by atoms with Crippen molar-refractivity contribution >= 4 is 5.82 Å². The number of nitrogens with two attached hydrogens (primary N) is 1. The molecular weight excluding hydrogens is 447 g/mol. The van der Waals surface area contributed by atoms with E-state index in [1.807, 2.05) is 10.7 Å². The standard InChI is InChI=1S/C24H32F3N5O2/c1-13(2)32-19(9-18(30-32)14-6-20(34-23(25)26)22(28)29-10-14)21-16-7-15(8-17(16)21)31-5-4-24(27,11-31)12-33-3/h6,9-10,13,15-17,21,23H,4-5,7-8,11-12H2,1-3H3,(H2,28,29). The van der Waals surface area contributed by atoms with E-state index < -0.39 is 12.3 Å². The summed E-state index contributed by atoms with van der Waals surface area (Å²) in [6.07, 6.45) is 4.19. The molecule has 3 unspecified atom stereocenters. The van der Waals surface area contributed by atoms with Gasteiger partial charge in [-0.15, -0.1) is 0 Å². The summed E-state index contributed by atoms with van der Waals surface area (Å²) in [5, 5.41) is 4.77. The van der Waals surface area contributed by atoms with Crippen LogP contribution >= 0.6 is 0 Å². The second-order valence-electron chi connectivity index (χ2n) is 10.3. The molecule has 0 aromatic carbocycles. The van der Waals surface area contributed by atoms with Crippen LogP contribution in [0.1, 0.15) is 50.8 Å². The number of anilines is 1. The zero-order valence-corrected chi connectivity index (χ0v) is 19.8. The van der Waals surface area contributed by atoms with Gasteiger partial charge in [-0.25, -0.2) is 9.37 Å². The summed E-state index contributed by atoms with van der Waals surface area (Å²) in [6.45, 7) is 2.58. The van der Waals surface area contributed by atoms with Crippen molar-refractivity contribution in [3.05, 3.63) is 24.0 Å². The first-order chi connectivity index (χ1) is 16.2. The maximum absolute atomic E-state index is 14.9. The Kier molecular flexibility index (Phi) is 6.00. The van der Waals surface area contributed by atoms with Crippen molar-refractivity contribution in [3.8, 4) is 17.0 Å². The summed E-state index contributed by atoms with van der Waals surface area (Å²) < 4.78 is 51.9.